The third-order valence-electron chi connectivity index (χ3n) is 1.42. The summed E-state index contributed by atoms with van der Waals surface area (Å²) in [5, 5.41) is 3.23. The predicted octanol–water partition coefficient (Wildman–Crippen LogP) is 3.47. The van der Waals surface area contributed by atoms with Crippen LogP contribution in [0.3, 0.4) is 0 Å². The second kappa shape index (κ2) is 3.75. The van der Waals surface area contributed by atoms with Crippen molar-refractivity contribution in [2.45, 2.75) is 33.1 Å². The minimum absolute atomic E-state index is 0.321. The summed E-state index contributed by atoms with van der Waals surface area (Å²) in [7, 11) is 0. The largest absolute Gasteiger partial charge is 0.245 e. The van der Waals surface area contributed by atoms with E-state index >= 15 is 0 Å². The van der Waals surface area contributed by atoms with E-state index in [1.54, 1.807) is 11.3 Å². The van der Waals surface area contributed by atoms with Gasteiger partial charge in [-0.1, -0.05) is 20.8 Å². The lowest BCUT2D eigenvalue weighted by molar-refractivity contribution is 0.410. The second-order valence-electron chi connectivity index (χ2n) is 4.10. The van der Waals surface area contributed by atoms with E-state index in [9.17, 15) is 0 Å². The molecule has 0 aliphatic heterocycles. The number of aromatic nitrogens is 1. The number of rotatable bonds is 2. The zero-order valence-corrected chi connectivity index (χ0v) is 9.30. The van der Waals surface area contributed by atoms with Gasteiger partial charge < -0.3 is 0 Å². The molecule has 0 bridgehead atoms. The molecule has 3 heteroatoms. The molecule has 0 aromatic carbocycles. The van der Waals surface area contributed by atoms with Crippen LogP contribution in [0, 0.1) is 5.41 Å². The van der Waals surface area contributed by atoms with Gasteiger partial charge in [0, 0.05) is 11.8 Å². The molecule has 0 atom stereocenters. The van der Waals surface area contributed by atoms with E-state index in [2.05, 4.69) is 25.8 Å². The summed E-state index contributed by atoms with van der Waals surface area (Å²) in [5.74, 6) is 0.528. The Morgan fingerprint density at radius 2 is 2.17 bits per heavy atom. The molecule has 1 aromatic rings. The molecule has 0 N–H and O–H groups in total. The predicted molar refractivity (Wildman–Crippen MR) is 54.8 cm³/mol. The van der Waals surface area contributed by atoms with Crippen LogP contribution >= 0.6 is 22.9 Å². The lowest BCUT2D eigenvalue weighted by atomic mass is 9.93. The molecule has 0 saturated heterocycles. The van der Waals surface area contributed by atoms with Crippen molar-refractivity contribution < 1.29 is 0 Å². The van der Waals surface area contributed by atoms with Gasteiger partial charge in [-0.2, -0.15) is 0 Å². The van der Waals surface area contributed by atoms with Crippen molar-refractivity contribution in [1.29, 1.82) is 0 Å². The van der Waals surface area contributed by atoms with Gasteiger partial charge in [-0.05, 0) is 5.41 Å². The van der Waals surface area contributed by atoms with Gasteiger partial charge in [0.2, 0.25) is 0 Å². The summed E-state index contributed by atoms with van der Waals surface area (Å²) >= 11 is 7.36. The van der Waals surface area contributed by atoms with Crippen molar-refractivity contribution in [3.8, 4) is 0 Å². The first kappa shape index (κ1) is 10.0. The second-order valence-corrected chi connectivity index (χ2v) is 5.31. The van der Waals surface area contributed by atoms with Crippen LogP contribution in [-0.2, 0) is 12.3 Å². The van der Waals surface area contributed by atoms with Crippen molar-refractivity contribution in [2.75, 3.05) is 0 Å². The summed E-state index contributed by atoms with van der Waals surface area (Å²) in [6, 6.07) is 0. The first-order valence-electron chi connectivity index (χ1n) is 4.00. The van der Waals surface area contributed by atoms with Crippen molar-refractivity contribution in [2.24, 2.45) is 5.41 Å². The summed E-state index contributed by atoms with van der Waals surface area (Å²) in [6.07, 6.45) is 1.04. The van der Waals surface area contributed by atoms with Gasteiger partial charge in [-0.3, -0.25) is 0 Å². The fraction of sp³-hybridized carbons (Fsp3) is 0.667. The van der Waals surface area contributed by atoms with Crippen molar-refractivity contribution in [3.63, 3.8) is 0 Å². The summed E-state index contributed by atoms with van der Waals surface area (Å²) in [6.45, 7) is 6.65. The SMILES string of the molecule is CC(C)(C)Cc1nc(CCl)cs1. The van der Waals surface area contributed by atoms with E-state index in [1.807, 2.05) is 5.38 Å². The average Bonchev–Trinajstić information content (AvgIpc) is 2.32. The molecular weight excluding hydrogens is 190 g/mol. The molecule has 12 heavy (non-hydrogen) atoms. The molecule has 0 unspecified atom stereocenters. The number of thiazole rings is 1. The molecule has 1 heterocycles. The van der Waals surface area contributed by atoms with Crippen molar-refractivity contribution in [1.82, 2.24) is 4.98 Å². The quantitative estimate of drug-likeness (QED) is 0.671. The van der Waals surface area contributed by atoms with Gasteiger partial charge in [0.1, 0.15) is 0 Å². The third kappa shape index (κ3) is 3.11. The van der Waals surface area contributed by atoms with Gasteiger partial charge in [0.05, 0.1) is 16.6 Å². The first-order chi connectivity index (χ1) is 5.51. The van der Waals surface area contributed by atoms with Gasteiger partial charge in [-0.25, -0.2) is 4.98 Å². The molecular formula is C9H14ClNS. The monoisotopic (exact) mass is 203 g/mol. The highest BCUT2D eigenvalue weighted by molar-refractivity contribution is 7.09. The van der Waals surface area contributed by atoms with Crippen LogP contribution in [0.15, 0.2) is 5.38 Å². The van der Waals surface area contributed by atoms with Crippen LogP contribution in [0.1, 0.15) is 31.5 Å². The maximum atomic E-state index is 5.66. The van der Waals surface area contributed by atoms with E-state index in [0.717, 1.165) is 12.1 Å². The Bertz CT molecular complexity index is 249. The van der Waals surface area contributed by atoms with Crippen LogP contribution in [0.4, 0.5) is 0 Å². The highest BCUT2D eigenvalue weighted by Gasteiger charge is 2.13. The van der Waals surface area contributed by atoms with Gasteiger partial charge in [0.25, 0.3) is 0 Å². The number of nitrogens with zero attached hydrogens (tertiary/aromatic N) is 1. The molecule has 1 rings (SSSR count). The highest BCUT2D eigenvalue weighted by atomic mass is 35.5. The Morgan fingerprint density at radius 3 is 2.58 bits per heavy atom. The molecule has 0 spiro atoms. The van der Waals surface area contributed by atoms with E-state index < -0.39 is 0 Å². The van der Waals surface area contributed by atoms with Crippen LogP contribution in [0.25, 0.3) is 0 Å². The Balaban J connectivity index is 2.64. The Kier molecular flexibility index (Phi) is 3.13. The zero-order valence-electron chi connectivity index (χ0n) is 7.72. The van der Waals surface area contributed by atoms with Crippen LogP contribution in [-0.4, -0.2) is 4.98 Å². The molecule has 0 amide bonds. The minimum atomic E-state index is 0.321. The van der Waals surface area contributed by atoms with Gasteiger partial charge >= 0.3 is 0 Å². The lowest BCUT2D eigenvalue weighted by Crippen LogP contribution is -2.08. The third-order valence-corrected chi connectivity index (χ3v) is 2.59. The zero-order chi connectivity index (χ0) is 9.19. The topological polar surface area (TPSA) is 12.9 Å². The van der Waals surface area contributed by atoms with Crippen molar-refractivity contribution in [3.05, 3.63) is 16.1 Å². The standard InChI is InChI=1S/C9H14ClNS/c1-9(2,3)4-8-11-7(5-10)6-12-8/h6H,4-5H2,1-3H3. The average molecular weight is 204 g/mol. The van der Waals surface area contributed by atoms with Crippen molar-refractivity contribution >= 4 is 22.9 Å². The molecule has 1 aromatic heterocycles. The summed E-state index contributed by atoms with van der Waals surface area (Å²) in [5.41, 5.74) is 1.32. The van der Waals surface area contributed by atoms with Crippen LogP contribution in [0.2, 0.25) is 0 Å². The summed E-state index contributed by atoms with van der Waals surface area (Å²) in [4.78, 5) is 4.40. The van der Waals surface area contributed by atoms with E-state index in [-0.39, 0.29) is 0 Å². The maximum absolute atomic E-state index is 5.66. The Hall–Kier alpha value is -0.0800. The molecule has 0 aliphatic carbocycles. The summed E-state index contributed by atoms with van der Waals surface area (Å²) < 4.78 is 0. The highest BCUT2D eigenvalue weighted by Crippen LogP contribution is 2.23. The molecule has 0 aliphatic rings. The van der Waals surface area contributed by atoms with Gasteiger partial charge in [-0.15, -0.1) is 22.9 Å². The molecule has 0 saturated carbocycles. The first-order valence-corrected chi connectivity index (χ1v) is 5.42. The van der Waals surface area contributed by atoms with Crippen LogP contribution < -0.4 is 0 Å². The van der Waals surface area contributed by atoms with Crippen LogP contribution in [0.5, 0.6) is 0 Å². The molecule has 68 valence electrons. The Morgan fingerprint density at radius 1 is 1.50 bits per heavy atom. The number of halogens is 1. The Labute approximate surface area is 82.8 Å². The fourth-order valence-electron chi connectivity index (χ4n) is 0.945. The number of hydrogen-bond donors (Lipinski definition) is 0. The van der Waals surface area contributed by atoms with Gasteiger partial charge in [0.15, 0.2) is 0 Å². The number of alkyl halides is 1. The van der Waals surface area contributed by atoms with E-state index in [1.165, 1.54) is 5.01 Å². The smallest absolute Gasteiger partial charge is 0.0933 e. The molecule has 1 nitrogen and oxygen atoms in total. The van der Waals surface area contributed by atoms with E-state index in [4.69, 9.17) is 11.6 Å². The molecule has 0 fully saturated rings. The fourth-order valence-corrected chi connectivity index (χ4v) is 2.27. The number of hydrogen-bond acceptors (Lipinski definition) is 2. The molecule has 0 radical (unpaired) electrons. The lowest BCUT2D eigenvalue weighted by Gasteiger charge is -2.15. The normalized spacial score (nSPS) is 12.0. The van der Waals surface area contributed by atoms with E-state index in [0.29, 0.717) is 11.3 Å². The maximum Gasteiger partial charge on any atom is 0.0933 e. The minimum Gasteiger partial charge on any atom is -0.245 e.